The summed E-state index contributed by atoms with van der Waals surface area (Å²) in [4.78, 5) is 17.3. The maximum absolute atomic E-state index is 12.9. The van der Waals surface area contributed by atoms with Gasteiger partial charge >= 0.3 is 0 Å². The van der Waals surface area contributed by atoms with Crippen LogP contribution in [-0.2, 0) is 19.9 Å². The summed E-state index contributed by atoms with van der Waals surface area (Å²) in [6.07, 6.45) is 3.84. The third-order valence-corrected chi connectivity index (χ3v) is 9.55. The number of benzene rings is 2. The monoisotopic (exact) mass is 493 g/mol. The minimum atomic E-state index is -3.60. The molecule has 4 rings (SSSR count). The van der Waals surface area contributed by atoms with Gasteiger partial charge in [-0.25, -0.2) is 21.8 Å². The van der Waals surface area contributed by atoms with E-state index in [2.05, 4.69) is 10.3 Å². The lowest BCUT2D eigenvalue weighted by atomic mass is 10.1. The SMILES string of the molecule is CC1CCCCN1S(=O)(=O)c1ccc(C(=O)Nc2nc3ccc(S(C)(=O)=O)cc3s2)cc1. The number of thiazole rings is 1. The van der Waals surface area contributed by atoms with Crippen molar-refractivity contribution in [2.45, 2.75) is 42.0 Å². The number of nitrogens with one attached hydrogen (secondary N) is 1. The third-order valence-electron chi connectivity index (χ3n) is 5.47. The zero-order chi connectivity index (χ0) is 23.1. The summed E-state index contributed by atoms with van der Waals surface area (Å²) >= 11 is 1.17. The Morgan fingerprint density at radius 2 is 1.75 bits per heavy atom. The second-order valence-electron chi connectivity index (χ2n) is 7.86. The minimum Gasteiger partial charge on any atom is -0.298 e. The number of nitrogens with zero attached hydrogens (tertiary/aromatic N) is 2. The maximum Gasteiger partial charge on any atom is 0.257 e. The second-order valence-corrected chi connectivity index (χ2v) is 12.8. The van der Waals surface area contributed by atoms with Gasteiger partial charge in [-0.3, -0.25) is 10.1 Å². The van der Waals surface area contributed by atoms with Crippen LogP contribution in [0.1, 0.15) is 36.5 Å². The number of piperidine rings is 1. The molecule has 32 heavy (non-hydrogen) atoms. The molecule has 1 unspecified atom stereocenters. The Morgan fingerprint density at radius 3 is 2.41 bits per heavy atom. The summed E-state index contributed by atoms with van der Waals surface area (Å²) in [5.74, 6) is -0.428. The van der Waals surface area contributed by atoms with Crippen molar-refractivity contribution in [3.05, 3.63) is 48.0 Å². The Bertz CT molecular complexity index is 1380. The standard InChI is InChI=1S/C21H23N3O5S3/c1-14-5-3-4-12-24(14)32(28,29)16-8-6-15(7-9-16)20(25)23-21-22-18-11-10-17(31(2,26)27)13-19(18)30-21/h6-11,13-14H,3-5,12H2,1-2H3,(H,22,23,25). The van der Waals surface area contributed by atoms with Crippen molar-refractivity contribution in [3.63, 3.8) is 0 Å². The fraction of sp³-hybridized carbons (Fsp3) is 0.333. The lowest BCUT2D eigenvalue weighted by Gasteiger charge is -2.32. The average Bonchev–Trinajstić information content (AvgIpc) is 3.15. The van der Waals surface area contributed by atoms with Crippen molar-refractivity contribution in [1.29, 1.82) is 0 Å². The molecule has 1 aliphatic rings. The molecule has 0 saturated carbocycles. The summed E-state index contributed by atoms with van der Waals surface area (Å²) < 4.78 is 51.5. The number of sulfone groups is 1. The molecule has 0 spiro atoms. The number of carbonyl (C=O) groups excluding carboxylic acids is 1. The van der Waals surface area contributed by atoms with Crippen LogP contribution in [0.4, 0.5) is 5.13 Å². The number of fused-ring (bicyclic) bond motifs is 1. The van der Waals surface area contributed by atoms with Crippen LogP contribution in [0, 0.1) is 0 Å². The molecule has 3 aromatic rings. The Morgan fingerprint density at radius 1 is 1.06 bits per heavy atom. The summed E-state index contributed by atoms with van der Waals surface area (Å²) in [5.41, 5.74) is 0.876. The van der Waals surface area contributed by atoms with Crippen molar-refractivity contribution < 1.29 is 21.6 Å². The van der Waals surface area contributed by atoms with Crippen molar-refractivity contribution in [1.82, 2.24) is 9.29 Å². The Balaban J connectivity index is 1.52. The van der Waals surface area contributed by atoms with E-state index in [9.17, 15) is 21.6 Å². The third kappa shape index (κ3) is 4.56. The topological polar surface area (TPSA) is 114 Å². The van der Waals surface area contributed by atoms with Crippen LogP contribution in [0.5, 0.6) is 0 Å². The highest BCUT2D eigenvalue weighted by molar-refractivity contribution is 7.90. The Hall–Kier alpha value is -2.34. The van der Waals surface area contributed by atoms with Gasteiger partial charge in [0.25, 0.3) is 5.91 Å². The van der Waals surface area contributed by atoms with Crippen LogP contribution in [0.25, 0.3) is 10.2 Å². The van der Waals surface area contributed by atoms with E-state index in [-0.39, 0.29) is 15.8 Å². The summed E-state index contributed by atoms with van der Waals surface area (Å²) in [7, 11) is -6.94. The van der Waals surface area contributed by atoms with Crippen LogP contribution in [0.2, 0.25) is 0 Å². The summed E-state index contributed by atoms with van der Waals surface area (Å²) in [5, 5.41) is 3.02. The molecule has 1 fully saturated rings. The normalized spacial score (nSPS) is 18.0. The molecular weight excluding hydrogens is 470 g/mol. The average molecular weight is 494 g/mol. The molecule has 2 heterocycles. The highest BCUT2D eigenvalue weighted by Gasteiger charge is 2.31. The molecule has 8 nitrogen and oxygen atoms in total. The van der Waals surface area contributed by atoms with E-state index < -0.39 is 25.8 Å². The zero-order valence-electron chi connectivity index (χ0n) is 17.6. The predicted molar refractivity (Wildman–Crippen MR) is 124 cm³/mol. The largest absolute Gasteiger partial charge is 0.298 e. The molecule has 1 aliphatic heterocycles. The van der Waals surface area contributed by atoms with Gasteiger partial charge < -0.3 is 0 Å². The van der Waals surface area contributed by atoms with Crippen LogP contribution < -0.4 is 5.32 Å². The molecule has 0 aliphatic carbocycles. The molecule has 170 valence electrons. The highest BCUT2D eigenvalue weighted by Crippen LogP contribution is 2.29. The number of hydrogen-bond acceptors (Lipinski definition) is 7. The highest BCUT2D eigenvalue weighted by atomic mass is 32.2. The first-order chi connectivity index (χ1) is 15.1. The number of anilines is 1. The predicted octanol–water partition coefficient (Wildman–Crippen LogP) is 3.52. The molecule has 1 amide bonds. The number of hydrogen-bond donors (Lipinski definition) is 1. The fourth-order valence-corrected chi connectivity index (χ4v) is 7.02. The first-order valence-electron chi connectivity index (χ1n) is 10.1. The lowest BCUT2D eigenvalue weighted by Crippen LogP contribution is -2.41. The van der Waals surface area contributed by atoms with E-state index in [1.807, 2.05) is 6.92 Å². The quantitative estimate of drug-likeness (QED) is 0.582. The van der Waals surface area contributed by atoms with Crippen molar-refractivity contribution in [2.75, 3.05) is 18.1 Å². The molecule has 0 bridgehead atoms. The van der Waals surface area contributed by atoms with Gasteiger partial charge in [-0.1, -0.05) is 17.8 Å². The number of aromatic nitrogens is 1. The number of rotatable bonds is 5. The molecule has 1 atom stereocenters. The molecule has 2 aromatic carbocycles. The smallest absolute Gasteiger partial charge is 0.257 e. The summed E-state index contributed by atoms with van der Waals surface area (Å²) in [6, 6.07) is 10.4. The van der Waals surface area contributed by atoms with Gasteiger partial charge in [-0.05, 0) is 62.2 Å². The lowest BCUT2D eigenvalue weighted by molar-refractivity contribution is 0.102. The van der Waals surface area contributed by atoms with Crippen molar-refractivity contribution in [2.24, 2.45) is 0 Å². The molecule has 1 N–H and O–H groups in total. The molecule has 1 aromatic heterocycles. The molecule has 0 radical (unpaired) electrons. The van der Waals surface area contributed by atoms with E-state index in [0.717, 1.165) is 25.5 Å². The van der Waals surface area contributed by atoms with Crippen LogP contribution in [0.3, 0.4) is 0 Å². The van der Waals surface area contributed by atoms with Gasteiger partial charge in [-0.2, -0.15) is 4.31 Å². The van der Waals surface area contributed by atoms with Gasteiger partial charge in [0.15, 0.2) is 15.0 Å². The van der Waals surface area contributed by atoms with Crippen LogP contribution >= 0.6 is 11.3 Å². The minimum absolute atomic E-state index is 0.0426. The van der Waals surface area contributed by atoms with E-state index in [0.29, 0.717) is 27.5 Å². The van der Waals surface area contributed by atoms with Crippen LogP contribution in [0.15, 0.2) is 52.3 Å². The number of sulfonamides is 1. The van der Waals surface area contributed by atoms with Crippen molar-refractivity contribution >= 4 is 52.5 Å². The Labute approximate surface area is 191 Å². The molecule has 1 saturated heterocycles. The van der Waals surface area contributed by atoms with Gasteiger partial charge in [0.1, 0.15) is 0 Å². The zero-order valence-corrected chi connectivity index (χ0v) is 20.1. The maximum atomic E-state index is 12.9. The second kappa shape index (κ2) is 8.54. The van der Waals surface area contributed by atoms with Gasteiger partial charge in [0.05, 0.1) is 20.0 Å². The summed E-state index contributed by atoms with van der Waals surface area (Å²) in [6.45, 7) is 2.42. The Kier molecular flexibility index (Phi) is 6.10. The van der Waals surface area contributed by atoms with E-state index in [1.54, 1.807) is 6.07 Å². The van der Waals surface area contributed by atoms with Crippen LogP contribution in [-0.4, -0.2) is 50.9 Å². The van der Waals surface area contributed by atoms with E-state index >= 15 is 0 Å². The first kappa shape index (κ1) is 22.8. The fourth-order valence-electron chi connectivity index (χ4n) is 3.70. The van der Waals surface area contributed by atoms with Crippen molar-refractivity contribution in [3.8, 4) is 0 Å². The van der Waals surface area contributed by atoms with Gasteiger partial charge in [-0.15, -0.1) is 0 Å². The number of carbonyl (C=O) groups is 1. The first-order valence-corrected chi connectivity index (χ1v) is 14.2. The van der Waals surface area contributed by atoms with Gasteiger partial charge in [0.2, 0.25) is 10.0 Å². The molecular formula is C21H23N3O5S3. The molecule has 11 heteroatoms. The van der Waals surface area contributed by atoms with Gasteiger partial charge in [0, 0.05) is 24.4 Å². The van der Waals surface area contributed by atoms with E-state index in [1.165, 1.54) is 52.0 Å². The number of amides is 1. The van der Waals surface area contributed by atoms with E-state index in [4.69, 9.17) is 0 Å².